The Labute approximate surface area is 156 Å². The van der Waals surface area contributed by atoms with Gasteiger partial charge in [0.15, 0.2) is 0 Å². The lowest BCUT2D eigenvalue weighted by Crippen LogP contribution is -2.50. The highest BCUT2D eigenvalue weighted by atomic mass is 35.5. The minimum absolute atomic E-state index is 0.373. The number of H-pyrrole nitrogens is 1. The topological polar surface area (TPSA) is 56.4 Å². The number of hydrogen-bond donors (Lipinski definition) is 1. The predicted octanol–water partition coefficient (Wildman–Crippen LogP) is 3.35. The summed E-state index contributed by atoms with van der Waals surface area (Å²) in [4.78, 5) is 32.3. The van der Waals surface area contributed by atoms with Crippen LogP contribution in [0.5, 0.6) is 0 Å². The fourth-order valence-corrected chi connectivity index (χ4v) is 3.52. The van der Waals surface area contributed by atoms with E-state index in [1.54, 1.807) is 29.3 Å². The number of amides is 1. The zero-order valence-electron chi connectivity index (χ0n) is 14.1. The van der Waals surface area contributed by atoms with Gasteiger partial charge in [-0.05, 0) is 30.3 Å². The number of halogens is 1. The standard InChI is InChI=1S/C20H18ClN3O2/c21-14-6-7-18-16(12-14)17(13-22-18)19(25)20(26)24-10-8-23(9-11-24)15-4-2-1-3-5-15/h1-7,12-13,22H,8-11H2. The summed E-state index contributed by atoms with van der Waals surface area (Å²) >= 11 is 6.03. The van der Waals surface area contributed by atoms with Crippen LogP contribution < -0.4 is 4.90 Å². The molecule has 3 aromatic rings. The molecule has 0 unspecified atom stereocenters. The Kier molecular flexibility index (Phi) is 4.39. The van der Waals surface area contributed by atoms with Crippen molar-refractivity contribution in [3.05, 3.63) is 65.3 Å². The minimum Gasteiger partial charge on any atom is -0.368 e. The maximum absolute atomic E-state index is 12.7. The number of aromatic amines is 1. The summed E-state index contributed by atoms with van der Waals surface area (Å²) in [7, 11) is 0. The molecule has 6 heteroatoms. The predicted molar refractivity (Wildman–Crippen MR) is 103 cm³/mol. The van der Waals surface area contributed by atoms with E-state index < -0.39 is 11.7 Å². The van der Waals surface area contributed by atoms with Crippen LogP contribution in [0.25, 0.3) is 10.9 Å². The molecule has 0 saturated carbocycles. The summed E-state index contributed by atoms with van der Waals surface area (Å²) in [6.45, 7) is 2.48. The summed E-state index contributed by atoms with van der Waals surface area (Å²) in [5.74, 6) is -0.953. The smallest absolute Gasteiger partial charge is 0.295 e. The van der Waals surface area contributed by atoms with Crippen molar-refractivity contribution in [3.8, 4) is 0 Å². The number of Topliss-reactive ketones (excluding diaryl/α,β-unsaturated/α-hetero) is 1. The van der Waals surface area contributed by atoms with E-state index in [0.717, 1.165) is 11.2 Å². The molecule has 1 aromatic heterocycles. The summed E-state index contributed by atoms with van der Waals surface area (Å²) in [5, 5.41) is 1.22. The molecule has 4 rings (SSSR count). The third kappa shape index (κ3) is 3.06. The van der Waals surface area contributed by atoms with Crippen molar-refractivity contribution in [2.24, 2.45) is 0 Å². The molecule has 1 N–H and O–H groups in total. The number of aromatic nitrogens is 1. The van der Waals surface area contributed by atoms with Crippen LogP contribution in [-0.2, 0) is 4.79 Å². The number of para-hydroxylation sites is 1. The lowest BCUT2D eigenvalue weighted by molar-refractivity contribution is -0.126. The molecule has 1 aliphatic rings. The average Bonchev–Trinajstić information content (AvgIpc) is 3.10. The fourth-order valence-electron chi connectivity index (χ4n) is 3.35. The van der Waals surface area contributed by atoms with E-state index in [1.165, 1.54) is 0 Å². The summed E-state index contributed by atoms with van der Waals surface area (Å²) in [6, 6.07) is 15.3. The van der Waals surface area contributed by atoms with E-state index in [2.05, 4.69) is 22.0 Å². The van der Waals surface area contributed by atoms with Gasteiger partial charge >= 0.3 is 0 Å². The third-order valence-electron chi connectivity index (χ3n) is 4.77. The quantitative estimate of drug-likeness (QED) is 0.570. The van der Waals surface area contributed by atoms with Crippen LogP contribution in [-0.4, -0.2) is 47.8 Å². The van der Waals surface area contributed by atoms with Gasteiger partial charge in [-0.2, -0.15) is 0 Å². The lowest BCUT2D eigenvalue weighted by atomic mass is 10.1. The van der Waals surface area contributed by atoms with Gasteiger partial charge in [0.05, 0.1) is 5.56 Å². The van der Waals surface area contributed by atoms with Crippen molar-refractivity contribution in [3.63, 3.8) is 0 Å². The Hall–Kier alpha value is -2.79. The first-order valence-electron chi connectivity index (χ1n) is 8.54. The van der Waals surface area contributed by atoms with E-state index in [-0.39, 0.29) is 0 Å². The number of carbonyl (C=O) groups is 2. The van der Waals surface area contributed by atoms with Gasteiger partial charge in [-0.3, -0.25) is 9.59 Å². The van der Waals surface area contributed by atoms with Gasteiger partial charge in [-0.15, -0.1) is 0 Å². The average molecular weight is 368 g/mol. The van der Waals surface area contributed by atoms with E-state index >= 15 is 0 Å². The Morgan fingerprint density at radius 2 is 1.69 bits per heavy atom. The Morgan fingerprint density at radius 1 is 0.962 bits per heavy atom. The Morgan fingerprint density at radius 3 is 2.42 bits per heavy atom. The normalized spacial score (nSPS) is 14.7. The second kappa shape index (κ2) is 6.84. The molecule has 5 nitrogen and oxygen atoms in total. The van der Waals surface area contributed by atoms with Gasteiger partial charge in [-0.1, -0.05) is 29.8 Å². The first-order valence-corrected chi connectivity index (χ1v) is 8.91. The summed E-state index contributed by atoms with van der Waals surface area (Å²) in [6.07, 6.45) is 1.58. The fraction of sp³-hybridized carbons (Fsp3) is 0.200. The highest BCUT2D eigenvalue weighted by Gasteiger charge is 2.28. The van der Waals surface area contributed by atoms with Crippen molar-refractivity contribution in [2.45, 2.75) is 0 Å². The molecule has 0 radical (unpaired) electrons. The van der Waals surface area contributed by atoms with Gasteiger partial charge in [0.1, 0.15) is 0 Å². The van der Waals surface area contributed by atoms with Crippen LogP contribution in [0, 0.1) is 0 Å². The molecule has 0 bridgehead atoms. The van der Waals surface area contributed by atoms with Crippen LogP contribution in [0.15, 0.2) is 54.7 Å². The second-order valence-electron chi connectivity index (χ2n) is 6.34. The zero-order valence-corrected chi connectivity index (χ0v) is 14.9. The highest BCUT2D eigenvalue weighted by Crippen LogP contribution is 2.23. The van der Waals surface area contributed by atoms with Crippen molar-refractivity contribution < 1.29 is 9.59 Å². The number of piperazine rings is 1. The number of fused-ring (bicyclic) bond motifs is 1. The van der Waals surface area contributed by atoms with E-state index in [1.807, 2.05) is 18.2 Å². The van der Waals surface area contributed by atoms with Crippen molar-refractivity contribution in [1.82, 2.24) is 9.88 Å². The van der Waals surface area contributed by atoms with Crippen LogP contribution in [0.1, 0.15) is 10.4 Å². The number of benzene rings is 2. The van der Waals surface area contributed by atoms with E-state index in [0.29, 0.717) is 42.2 Å². The van der Waals surface area contributed by atoms with E-state index in [9.17, 15) is 9.59 Å². The molecule has 2 heterocycles. The molecule has 1 amide bonds. The van der Waals surface area contributed by atoms with Gasteiger partial charge in [0.25, 0.3) is 11.7 Å². The maximum Gasteiger partial charge on any atom is 0.295 e. The number of carbonyl (C=O) groups excluding carboxylic acids is 2. The molecule has 0 spiro atoms. The van der Waals surface area contributed by atoms with Gasteiger partial charge in [0, 0.05) is 54.0 Å². The Bertz CT molecular complexity index is 960. The van der Waals surface area contributed by atoms with Crippen molar-refractivity contribution in [1.29, 1.82) is 0 Å². The van der Waals surface area contributed by atoms with Crippen LogP contribution in [0.3, 0.4) is 0 Å². The van der Waals surface area contributed by atoms with Crippen LogP contribution in [0.4, 0.5) is 5.69 Å². The Balaban J connectivity index is 1.48. The highest BCUT2D eigenvalue weighted by molar-refractivity contribution is 6.45. The first kappa shape index (κ1) is 16.7. The molecule has 1 fully saturated rings. The van der Waals surface area contributed by atoms with Gasteiger partial charge in [0.2, 0.25) is 0 Å². The number of nitrogens with zero attached hydrogens (tertiary/aromatic N) is 2. The zero-order chi connectivity index (χ0) is 18.1. The molecule has 1 saturated heterocycles. The van der Waals surface area contributed by atoms with Crippen LogP contribution >= 0.6 is 11.6 Å². The van der Waals surface area contributed by atoms with E-state index in [4.69, 9.17) is 11.6 Å². The second-order valence-corrected chi connectivity index (χ2v) is 6.77. The summed E-state index contributed by atoms with van der Waals surface area (Å²) in [5.41, 5.74) is 2.30. The SMILES string of the molecule is O=C(C(=O)N1CCN(c2ccccc2)CC1)c1c[nH]c2ccc(Cl)cc12. The van der Waals surface area contributed by atoms with Crippen molar-refractivity contribution in [2.75, 3.05) is 31.1 Å². The first-order chi connectivity index (χ1) is 12.6. The number of hydrogen-bond acceptors (Lipinski definition) is 3. The van der Waals surface area contributed by atoms with Crippen LogP contribution in [0.2, 0.25) is 5.02 Å². The maximum atomic E-state index is 12.7. The number of nitrogens with one attached hydrogen (secondary N) is 1. The lowest BCUT2D eigenvalue weighted by Gasteiger charge is -2.35. The minimum atomic E-state index is -0.494. The molecular weight excluding hydrogens is 350 g/mol. The van der Waals surface area contributed by atoms with Crippen molar-refractivity contribution >= 4 is 39.9 Å². The number of anilines is 1. The molecule has 0 atom stereocenters. The molecule has 132 valence electrons. The molecule has 0 aliphatic carbocycles. The molecular formula is C20H18ClN3O2. The third-order valence-corrected chi connectivity index (χ3v) is 5.01. The molecule has 1 aliphatic heterocycles. The van der Waals surface area contributed by atoms with Gasteiger partial charge < -0.3 is 14.8 Å². The molecule has 2 aromatic carbocycles. The monoisotopic (exact) mass is 367 g/mol. The largest absolute Gasteiger partial charge is 0.368 e. The number of rotatable bonds is 3. The molecule has 26 heavy (non-hydrogen) atoms. The summed E-state index contributed by atoms with van der Waals surface area (Å²) < 4.78 is 0. The van der Waals surface area contributed by atoms with Gasteiger partial charge in [-0.25, -0.2) is 0 Å². The number of ketones is 1.